The first kappa shape index (κ1) is 26.3. The Bertz CT molecular complexity index is 1540. The summed E-state index contributed by atoms with van der Waals surface area (Å²) in [5.74, 6) is -6.59. The Kier molecular flexibility index (Phi) is 7.32. The van der Waals surface area contributed by atoms with E-state index >= 15 is 0 Å². The smallest absolute Gasteiger partial charge is 0.374 e. The Morgan fingerprint density at radius 2 is 1.79 bits per heavy atom. The van der Waals surface area contributed by atoms with Crippen LogP contribution in [0.25, 0.3) is 22.3 Å². The van der Waals surface area contributed by atoms with Gasteiger partial charge in [-0.3, -0.25) is 4.79 Å². The molecule has 5 rings (SSSR count). The number of carboxylic acids is 1. The summed E-state index contributed by atoms with van der Waals surface area (Å²) in [4.78, 5) is 33.4. The van der Waals surface area contributed by atoms with Gasteiger partial charge in [0.15, 0.2) is 0 Å². The lowest BCUT2D eigenvalue weighted by Crippen LogP contribution is -2.31. The molecule has 4 aromatic rings. The SMILES string of the molecule is O=C(NC1CCCc2cc(F)ccc21)c1ccc2nc(-c3ccccc3)c(CCCC(F)(F)C(=O)O)nc2c1. The minimum Gasteiger partial charge on any atom is -0.477 e. The number of fused-ring (bicyclic) bond motifs is 2. The fourth-order valence-corrected chi connectivity index (χ4v) is 4.99. The first-order valence-corrected chi connectivity index (χ1v) is 12.8. The average Bonchev–Trinajstić information content (AvgIpc) is 2.92. The molecule has 1 heterocycles. The maximum Gasteiger partial charge on any atom is 0.374 e. The molecule has 0 radical (unpaired) electrons. The van der Waals surface area contributed by atoms with Gasteiger partial charge in [-0.2, -0.15) is 8.78 Å². The average molecular weight is 534 g/mol. The van der Waals surface area contributed by atoms with Crippen molar-refractivity contribution >= 4 is 22.9 Å². The van der Waals surface area contributed by atoms with Gasteiger partial charge in [0.1, 0.15) is 5.82 Å². The summed E-state index contributed by atoms with van der Waals surface area (Å²) in [6.45, 7) is 0. The summed E-state index contributed by atoms with van der Waals surface area (Å²) < 4.78 is 41.0. The van der Waals surface area contributed by atoms with Crippen molar-refractivity contribution in [2.24, 2.45) is 0 Å². The minimum absolute atomic E-state index is 0.0852. The third-order valence-corrected chi connectivity index (χ3v) is 6.99. The number of carboxylic acid groups (broad SMARTS) is 1. The zero-order valence-electron chi connectivity index (χ0n) is 21.0. The zero-order valence-corrected chi connectivity index (χ0v) is 21.0. The van der Waals surface area contributed by atoms with E-state index in [4.69, 9.17) is 10.1 Å². The van der Waals surface area contributed by atoms with Gasteiger partial charge in [-0.25, -0.2) is 19.2 Å². The van der Waals surface area contributed by atoms with Gasteiger partial charge >= 0.3 is 11.9 Å². The van der Waals surface area contributed by atoms with Crippen LogP contribution in [0.2, 0.25) is 0 Å². The first-order valence-electron chi connectivity index (χ1n) is 12.8. The molecule has 2 N–H and O–H groups in total. The quantitative estimate of drug-likeness (QED) is 0.278. The first-order chi connectivity index (χ1) is 18.7. The number of carbonyl (C=O) groups is 2. The van der Waals surface area contributed by atoms with Crippen molar-refractivity contribution in [3.05, 3.63) is 94.9 Å². The third-order valence-electron chi connectivity index (χ3n) is 6.99. The summed E-state index contributed by atoms with van der Waals surface area (Å²) in [5, 5.41) is 11.8. The highest BCUT2D eigenvalue weighted by atomic mass is 19.3. The maximum absolute atomic E-state index is 13.7. The molecule has 3 aromatic carbocycles. The van der Waals surface area contributed by atoms with Crippen molar-refractivity contribution in [2.75, 3.05) is 0 Å². The Hall–Kier alpha value is -4.27. The molecule has 1 aromatic heterocycles. The molecule has 0 saturated carbocycles. The van der Waals surface area contributed by atoms with Crippen LogP contribution in [0.5, 0.6) is 0 Å². The summed E-state index contributed by atoms with van der Waals surface area (Å²) in [5.41, 5.74) is 4.83. The van der Waals surface area contributed by atoms with Crippen molar-refractivity contribution < 1.29 is 27.9 Å². The molecule has 1 unspecified atom stereocenters. The number of nitrogens with zero attached hydrogens (tertiary/aromatic N) is 2. The van der Waals surface area contributed by atoms with Crippen LogP contribution >= 0.6 is 0 Å². The highest BCUT2D eigenvalue weighted by Crippen LogP contribution is 2.31. The van der Waals surface area contributed by atoms with Crippen molar-refractivity contribution in [1.29, 1.82) is 0 Å². The lowest BCUT2D eigenvalue weighted by molar-refractivity contribution is -0.165. The van der Waals surface area contributed by atoms with E-state index in [9.17, 15) is 22.8 Å². The molecule has 0 bridgehead atoms. The normalized spacial score (nSPS) is 15.1. The summed E-state index contributed by atoms with van der Waals surface area (Å²) in [7, 11) is 0. The van der Waals surface area contributed by atoms with Gasteiger partial charge in [-0.05, 0) is 73.6 Å². The molecule has 39 heavy (non-hydrogen) atoms. The van der Waals surface area contributed by atoms with E-state index in [2.05, 4.69) is 10.3 Å². The second-order valence-electron chi connectivity index (χ2n) is 9.71. The van der Waals surface area contributed by atoms with Gasteiger partial charge in [0.25, 0.3) is 5.91 Å². The number of aliphatic carboxylic acids is 1. The molecule has 200 valence electrons. The summed E-state index contributed by atoms with van der Waals surface area (Å²) in [6.07, 6.45) is 1.48. The highest BCUT2D eigenvalue weighted by Gasteiger charge is 2.37. The minimum atomic E-state index is -3.83. The van der Waals surface area contributed by atoms with Gasteiger partial charge in [-0.15, -0.1) is 0 Å². The number of amides is 1. The molecule has 1 aliphatic carbocycles. The number of hydrogen-bond acceptors (Lipinski definition) is 4. The lowest BCUT2D eigenvalue weighted by Gasteiger charge is -2.26. The van der Waals surface area contributed by atoms with Crippen molar-refractivity contribution in [2.45, 2.75) is 50.5 Å². The molecular weight excluding hydrogens is 507 g/mol. The summed E-state index contributed by atoms with van der Waals surface area (Å²) >= 11 is 0. The van der Waals surface area contributed by atoms with Crippen LogP contribution in [0.15, 0.2) is 66.7 Å². The molecule has 1 aliphatic rings. The molecule has 1 atom stereocenters. The van der Waals surface area contributed by atoms with E-state index in [0.29, 0.717) is 28.0 Å². The molecule has 0 aliphatic heterocycles. The molecule has 0 saturated heterocycles. The molecule has 1 amide bonds. The van der Waals surface area contributed by atoms with Gasteiger partial charge in [0.2, 0.25) is 0 Å². The molecular formula is C30H26F3N3O3. The van der Waals surface area contributed by atoms with E-state index in [1.54, 1.807) is 24.3 Å². The number of carbonyl (C=O) groups excluding carboxylic acids is 1. The molecule has 0 spiro atoms. The van der Waals surface area contributed by atoms with Gasteiger partial charge < -0.3 is 10.4 Å². The number of rotatable bonds is 8. The van der Waals surface area contributed by atoms with Crippen molar-refractivity contribution in [3.8, 4) is 11.3 Å². The predicted octanol–water partition coefficient (Wildman–Crippen LogP) is 6.29. The number of aryl methyl sites for hydroxylation is 2. The number of halogens is 3. The van der Waals surface area contributed by atoms with E-state index in [1.807, 2.05) is 30.3 Å². The topological polar surface area (TPSA) is 92.2 Å². The number of alkyl halides is 2. The van der Waals surface area contributed by atoms with Gasteiger partial charge in [-0.1, -0.05) is 36.4 Å². The number of hydrogen-bond donors (Lipinski definition) is 2. The van der Waals surface area contributed by atoms with E-state index < -0.39 is 18.3 Å². The largest absolute Gasteiger partial charge is 0.477 e. The number of benzene rings is 3. The molecule has 0 fully saturated rings. The Morgan fingerprint density at radius 1 is 1.00 bits per heavy atom. The van der Waals surface area contributed by atoms with Crippen LogP contribution in [0.4, 0.5) is 13.2 Å². The predicted molar refractivity (Wildman–Crippen MR) is 140 cm³/mol. The van der Waals surface area contributed by atoms with Crippen molar-refractivity contribution in [3.63, 3.8) is 0 Å². The number of aromatic nitrogens is 2. The van der Waals surface area contributed by atoms with Crippen LogP contribution < -0.4 is 5.32 Å². The lowest BCUT2D eigenvalue weighted by atomic mass is 9.87. The third kappa shape index (κ3) is 5.77. The maximum atomic E-state index is 13.7. The monoisotopic (exact) mass is 533 g/mol. The van der Waals surface area contributed by atoms with Crippen LogP contribution in [-0.4, -0.2) is 32.9 Å². The fraction of sp³-hybridized carbons (Fsp3) is 0.267. The van der Waals surface area contributed by atoms with E-state index in [-0.39, 0.29) is 30.6 Å². The Morgan fingerprint density at radius 3 is 2.56 bits per heavy atom. The van der Waals surface area contributed by atoms with Crippen LogP contribution in [0.1, 0.15) is 58.9 Å². The Labute approximate surface area is 222 Å². The summed E-state index contributed by atoms with van der Waals surface area (Å²) in [6, 6.07) is 18.5. The van der Waals surface area contributed by atoms with Crippen LogP contribution in [-0.2, 0) is 17.6 Å². The fourth-order valence-electron chi connectivity index (χ4n) is 4.99. The Balaban J connectivity index is 1.43. The second kappa shape index (κ2) is 10.8. The number of nitrogens with one attached hydrogen (secondary N) is 1. The standard InChI is InChI=1S/C30H26F3N3O3/c31-21-12-13-22-19(16-21)8-4-9-23(22)36-28(37)20-11-14-24-26(17-20)34-25(10-5-15-30(32,33)29(38)39)27(35-24)18-6-2-1-3-7-18/h1-3,6-7,11-14,16-17,23H,4-5,8-10,15H2,(H,36,37)(H,38,39). The highest BCUT2D eigenvalue weighted by molar-refractivity contribution is 5.97. The molecule has 6 nitrogen and oxygen atoms in total. The molecule has 9 heteroatoms. The zero-order chi connectivity index (χ0) is 27.6. The second-order valence-corrected chi connectivity index (χ2v) is 9.71. The van der Waals surface area contributed by atoms with Crippen LogP contribution in [0.3, 0.4) is 0 Å². The van der Waals surface area contributed by atoms with E-state index in [0.717, 1.165) is 36.0 Å². The van der Waals surface area contributed by atoms with Gasteiger partial charge in [0.05, 0.1) is 28.5 Å². The van der Waals surface area contributed by atoms with Crippen molar-refractivity contribution in [1.82, 2.24) is 15.3 Å². The van der Waals surface area contributed by atoms with Crippen LogP contribution in [0, 0.1) is 5.82 Å². The van der Waals surface area contributed by atoms with Gasteiger partial charge in [0, 0.05) is 17.5 Å². The van der Waals surface area contributed by atoms with E-state index in [1.165, 1.54) is 12.1 Å².